The number of rotatable bonds is 3. The lowest BCUT2D eigenvalue weighted by molar-refractivity contribution is 0.101. The molecule has 2 rings (SSSR count). The van der Waals surface area contributed by atoms with Crippen molar-refractivity contribution in [1.29, 1.82) is 0 Å². The first-order valence-electron chi connectivity index (χ1n) is 5.24. The van der Waals surface area contributed by atoms with Crippen molar-refractivity contribution in [1.82, 2.24) is 0 Å². The Morgan fingerprint density at radius 2 is 2.20 bits per heavy atom. The van der Waals surface area contributed by atoms with Crippen molar-refractivity contribution in [3.63, 3.8) is 0 Å². The Bertz CT molecular complexity index is 383. The number of carbonyl (C=O) groups excluding carboxylic acids is 1. The molecule has 1 aliphatic carbocycles. The van der Waals surface area contributed by atoms with Crippen molar-refractivity contribution in [3.05, 3.63) is 23.8 Å². The molecule has 80 valence electrons. The normalized spacial score (nSPS) is 15.8. The molecule has 0 unspecified atom stereocenters. The highest BCUT2D eigenvalue weighted by Crippen LogP contribution is 2.27. The summed E-state index contributed by atoms with van der Waals surface area (Å²) in [7, 11) is 0. The number of ketones is 1. The molecule has 1 fully saturated rings. The highest BCUT2D eigenvalue weighted by molar-refractivity contribution is 5.99. The molecule has 0 radical (unpaired) electrons. The number of nitrogen functional groups attached to an aromatic ring is 1. The zero-order valence-electron chi connectivity index (χ0n) is 8.82. The molecule has 3 heteroatoms. The number of anilines is 1. The molecule has 0 saturated heterocycles. The van der Waals surface area contributed by atoms with E-state index < -0.39 is 0 Å². The molecule has 0 aliphatic heterocycles. The van der Waals surface area contributed by atoms with Crippen LogP contribution in [0.5, 0.6) is 5.75 Å². The summed E-state index contributed by atoms with van der Waals surface area (Å²) in [6.07, 6.45) is 3.82. The van der Waals surface area contributed by atoms with Crippen molar-refractivity contribution in [3.8, 4) is 5.75 Å². The van der Waals surface area contributed by atoms with Gasteiger partial charge in [-0.2, -0.15) is 0 Å². The third-order valence-corrected chi connectivity index (χ3v) is 2.76. The number of ether oxygens (including phenoxy) is 1. The van der Waals surface area contributed by atoms with Gasteiger partial charge in [-0.1, -0.05) is 0 Å². The Kier molecular flexibility index (Phi) is 2.62. The van der Waals surface area contributed by atoms with Gasteiger partial charge in [0.15, 0.2) is 5.78 Å². The maximum atomic E-state index is 11.1. The second kappa shape index (κ2) is 3.93. The minimum atomic E-state index is -0.0114. The fourth-order valence-corrected chi connectivity index (χ4v) is 1.62. The van der Waals surface area contributed by atoms with Crippen LogP contribution in [-0.2, 0) is 0 Å². The van der Waals surface area contributed by atoms with Crippen molar-refractivity contribution < 1.29 is 9.53 Å². The summed E-state index contributed by atoms with van der Waals surface area (Å²) in [6.45, 7) is 1.51. The summed E-state index contributed by atoms with van der Waals surface area (Å²) < 4.78 is 5.67. The van der Waals surface area contributed by atoms with Crippen LogP contribution in [0.25, 0.3) is 0 Å². The first-order valence-corrected chi connectivity index (χ1v) is 5.24. The molecule has 1 aromatic rings. The van der Waals surface area contributed by atoms with Gasteiger partial charge < -0.3 is 10.5 Å². The van der Waals surface area contributed by atoms with E-state index in [4.69, 9.17) is 10.5 Å². The molecule has 0 atom stereocenters. The number of benzene rings is 1. The molecule has 0 amide bonds. The smallest absolute Gasteiger partial charge is 0.161 e. The van der Waals surface area contributed by atoms with E-state index in [0.29, 0.717) is 17.4 Å². The number of Topliss-reactive ketones (excluding diaryl/α,β-unsaturated/α-hetero) is 1. The summed E-state index contributed by atoms with van der Waals surface area (Å²) in [6, 6.07) is 5.27. The lowest BCUT2D eigenvalue weighted by atomic mass is 9.96. The molecule has 1 aliphatic rings. The molecule has 0 bridgehead atoms. The van der Waals surface area contributed by atoms with Crippen LogP contribution in [0.1, 0.15) is 36.5 Å². The van der Waals surface area contributed by atoms with Crippen LogP contribution in [0.4, 0.5) is 5.69 Å². The maximum Gasteiger partial charge on any atom is 0.161 e. The minimum absolute atomic E-state index is 0.0114. The van der Waals surface area contributed by atoms with Crippen molar-refractivity contribution in [2.75, 3.05) is 5.73 Å². The lowest BCUT2D eigenvalue weighted by Gasteiger charge is -2.26. The number of carbonyl (C=O) groups is 1. The highest BCUT2D eigenvalue weighted by Gasteiger charge is 2.19. The van der Waals surface area contributed by atoms with Crippen LogP contribution in [0.15, 0.2) is 18.2 Å². The standard InChI is InChI=1S/C12H15NO2/c1-8(14)11-6-5-10(7-12(11)13)15-9-3-2-4-9/h5-7,9H,2-4,13H2,1H3. The Hall–Kier alpha value is -1.51. The van der Waals surface area contributed by atoms with Gasteiger partial charge in [-0.05, 0) is 38.3 Å². The maximum absolute atomic E-state index is 11.1. The van der Waals surface area contributed by atoms with E-state index in [1.807, 2.05) is 6.07 Å². The van der Waals surface area contributed by atoms with E-state index in [9.17, 15) is 4.79 Å². The van der Waals surface area contributed by atoms with Crippen molar-refractivity contribution in [2.45, 2.75) is 32.3 Å². The predicted molar refractivity (Wildman–Crippen MR) is 59.1 cm³/mol. The van der Waals surface area contributed by atoms with Gasteiger partial charge in [-0.3, -0.25) is 4.79 Å². The van der Waals surface area contributed by atoms with Crippen LogP contribution in [0.2, 0.25) is 0 Å². The summed E-state index contributed by atoms with van der Waals surface area (Å²) in [4.78, 5) is 11.1. The van der Waals surface area contributed by atoms with Gasteiger partial charge >= 0.3 is 0 Å². The van der Waals surface area contributed by atoms with Gasteiger partial charge in [0, 0.05) is 17.3 Å². The van der Waals surface area contributed by atoms with Crippen molar-refractivity contribution in [2.24, 2.45) is 0 Å². The Morgan fingerprint density at radius 1 is 1.47 bits per heavy atom. The average molecular weight is 205 g/mol. The van der Waals surface area contributed by atoms with E-state index in [-0.39, 0.29) is 5.78 Å². The molecule has 15 heavy (non-hydrogen) atoms. The van der Waals surface area contributed by atoms with Gasteiger partial charge in [0.25, 0.3) is 0 Å². The molecule has 1 aromatic carbocycles. The van der Waals surface area contributed by atoms with Crippen LogP contribution in [0, 0.1) is 0 Å². The van der Waals surface area contributed by atoms with Gasteiger partial charge in [0.1, 0.15) is 5.75 Å². The monoisotopic (exact) mass is 205 g/mol. The third-order valence-electron chi connectivity index (χ3n) is 2.76. The van der Waals surface area contributed by atoms with Crippen LogP contribution < -0.4 is 10.5 Å². The molecule has 0 heterocycles. The van der Waals surface area contributed by atoms with Crippen molar-refractivity contribution >= 4 is 11.5 Å². The minimum Gasteiger partial charge on any atom is -0.490 e. The summed E-state index contributed by atoms with van der Waals surface area (Å²) >= 11 is 0. The first kappa shape index (κ1) is 10.0. The molecule has 2 N–H and O–H groups in total. The molecule has 1 saturated carbocycles. The van der Waals surface area contributed by atoms with Gasteiger partial charge in [0.05, 0.1) is 6.10 Å². The SMILES string of the molecule is CC(=O)c1ccc(OC2CCC2)cc1N. The van der Waals surface area contributed by atoms with E-state index >= 15 is 0 Å². The molecule has 0 spiro atoms. The van der Waals surface area contributed by atoms with E-state index in [0.717, 1.165) is 18.6 Å². The molecule has 3 nitrogen and oxygen atoms in total. The second-order valence-corrected chi connectivity index (χ2v) is 3.98. The predicted octanol–water partition coefficient (Wildman–Crippen LogP) is 2.40. The summed E-state index contributed by atoms with van der Waals surface area (Å²) in [5.41, 5.74) is 6.82. The van der Waals surface area contributed by atoms with Crippen LogP contribution in [-0.4, -0.2) is 11.9 Å². The fraction of sp³-hybridized carbons (Fsp3) is 0.417. The zero-order chi connectivity index (χ0) is 10.8. The number of nitrogens with two attached hydrogens (primary N) is 1. The molecule has 0 aromatic heterocycles. The lowest BCUT2D eigenvalue weighted by Crippen LogP contribution is -2.24. The largest absolute Gasteiger partial charge is 0.490 e. The van der Waals surface area contributed by atoms with Crippen LogP contribution >= 0.6 is 0 Å². The van der Waals surface area contributed by atoms with E-state index in [1.165, 1.54) is 13.3 Å². The van der Waals surface area contributed by atoms with E-state index in [2.05, 4.69) is 0 Å². The summed E-state index contributed by atoms with van der Waals surface area (Å²) in [5.74, 6) is 0.755. The number of hydrogen-bond acceptors (Lipinski definition) is 3. The topological polar surface area (TPSA) is 52.3 Å². The zero-order valence-corrected chi connectivity index (χ0v) is 8.82. The molecular weight excluding hydrogens is 190 g/mol. The van der Waals surface area contributed by atoms with E-state index in [1.54, 1.807) is 12.1 Å². The number of hydrogen-bond donors (Lipinski definition) is 1. The summed E-state index contributed by atoms with van der Waals surface area (Å²) in [5, 5.41) is 0. The van der Waals surface area contributed by atoms with Crippen LogP contribution in [0.3, 0.4) is 0 Å². The highest BCUT2D eigenvalue weighted by atomic mass is 16.5. The fourth-order valence-electron chi connectivity index (χ4n) is 1.62. The Labute approximate surface area is 89.2 Å². The Balaban J connectivity index is 2.13. The molecular formula is C12H15NO2. The quantitative estimate of drug-likeness (QED) is 0.609. The first-order chi connectivity index (χ1) is 7.16. The second-order valence-electron chi connectivity index (χ2n) is 3.98. The van der Waals surface area contributed by atoms with Gasteiger partial charge in [0.2, 0.25) is 0 Å². The average Bonchev–Trinajstić information content (AvgIpc) is 2.11. The Morgan fingerprint density at radius 3 is 2.67 bits per heavy atom. The van der Waals surface area contributed by atoms with Gasteiger partial charge in [-0.25, -0.2) is 0 Å². The van der Waals surface area contributed by atoms with Gasteiger partial charge in [-0.15, -0.1) is 0 Å². The third kappa shape index (κ3) is 2.12.